The van der Waals surface area contributed by atoms with E-state index in [1.54, 1.807) is 31.3 Å². The van der Waals surface area contributed by atoms with Crippen molar-refractivity contribution in [1.82, 2.24) is 5.32 Å². The molecule has 0 spiro atoms. The van der Waals surface area contributed by atoms with Gasteiger partial charge in [-0.15, -0.1) is 0 Å². The molecule has 1 atom stereocenters. The predicted molar refractivity (Wildman–Crippen MR) is 109 cm³/mol. The lowest BCUT2D eigenvalue weighted by Crippen LogP contribution is -3.11. The molecular weight excluding hydrogens is 375 g/mol. The SMILES string of the molecule is CC(C)NC(=O)C[NH+](C)CC(=O)Nc1ccccc1C(=O)Nc1ccc(F)cc1. The standard InChI is InChI=1S/C21H25FN4O3/c1-14(2)23-19(27)12-26(3)13-20(28)25-18-7-5-4-6-17(18)21(29)24-16-10-8-15(22)9-11-16/h4-11,14H,12-13H2,1-3H3,(H,23,27)(H,24,29)(H,25,28)/p+1. The Morgan fingerprint density at radius 3 is 2.21 bits per heavy atom. The molecule has 0 bridgehead atoms. The molecule has 0 aliphatic carbocycles. The summed E-state index contributed by atoms with van der Waals surface area (Å²) >= 11 is 0. The average Bonchev–Trinajstić information content (AvgIpc) is 2.62. The van der Waals surface area contributed by atoms with E-state index >= 15 is 0 Å². The lowest BCUT2D eigenvalue weighted by Gasteiger charge is -2.16. The Kier molecular flexibility index (Phi) is 7.85. The average molecular weight is 401 g/mol. The van der Waals surface area contributed by atoms with Crippen LogP contribution in [0.15, 0.2) is 48.5 Å². The molecule has 2 rings (SSSR count). The Morgan fingerprint density at radius 1 is 0.931 bits per heavy atom. The Morgan fingerprint density at radius 2 is 1.55 bits per heavy atom. The number of benzene rings is 2. The molecule has 7 nitrogen and oxygen atoms in total. The highest BCUT2D eigenvalue weighted by atomic mass is 19.1. The van der Waals surface area contributed by atoms with Gasteiger partial charge in [0.2, 0.25) is 0 Å². The zero-order valence-corrected chi connectivity index (χ0v) is 16.7. The van der Waals surface area contributed by atoms with Gasteiger partial charge in [-0.1, -0.05) is 12.1 Å². The summed E-state index contributed by atoms with van der Waals surface area (Å²) in [6.45, 7) is 3.97. The van der Waals surface area contributed by atoms with Crippen LogP contribution in [0.2, 0.25) is 0 Å². The molecule has 0 saturated carbocycles. The quantitative estimate of drug-likeness (QED) is 0.533. The number of anilines is 2. The number of quaternary nitrogens is 1. The molecule has 1 unspecified atom stereocenters. The van der Waals surface area contributed by atoms with E-state index in [0.717, 1.165) is 0 Å². The van der Waals surface area contributed by atoms with Crippen molar-refractivity contribution < 1.29 is 23.7 Å². The van der Waals surface area contributed by atoms with Crippen LogP contribution in [0.5, 0.6) is 0 Å². The number of hydrogen-bond acceptors (Lipinski definition) is 3. The van der Waals surface area contributed by atoms with Gasteiger partial charge >= 0.3 is 0 Å². The van der Waals surface area contributed by atoms with Gasteiger partial charge in [0, 0.05) is 11.7 Å². The number of amides is 3. The lowest BCUT2D eigenvalue weighted by molar-refractivity contribution is -0.862. The number of para-hydroxylation sites is 1. The number of hydrogen-bond donors (Lipinski definition) is 4. The van der Waals surface area contributed by atoms with Crippen LogP contribution in [0.3, 0.4) is 0 Å². The second-order valence-corrected chi connectivity index (χ2v) is 7.09. The number of nitrogens with one attached hydrogen (secondary N) is 4. The topological polar surface area (TPSA) is 91.7 Å². The number of carbonyl (C=O) groups excluding carboxylic acids is 3. The summed E-state index contributed by atoms with van der Waals surface area (Å²) in [5, 5.41) is 8.17. The number of rotatable bonds is 8. The van der Waals surface area contributed by atoms with Crippen molar-refractivity contribution in [3.8, 4) is 0 Å². The summed E-state index contributed by atoms with van der Waals surface area (Å²) in [6, 6.07) is 12.0. The Balaban J connectivity index is 1.98. The molecule has 3 amide bonds. The summed E-state index contributed by atoms with van der Waals surface area (Å²) in [7, 11) is 1.74. The minimum Gasteiger partial charge on any atom is -0.349 e. The molecule has 0 aliphatic heterocycles. The molecule has 0 radical (unpaired) electrons. The maximum atomic E-state index is 13.0. The summed E-state index contributed by atoms with van der Waals surface area (Å²) in [4.78, 5) is 37.4. The number of likely N-dealkylation sites (N-methyl/N-ethyl adjacent to an activating group) is 1. The smallest absolute Gasteiger partial charge is 0.279 e. The summed E-state index contributed by atoms with van der Waals surface area (Å²) in [6.07, 6.45) is 0. The molecule has 0 aromatic heterocycles. The fraction of sp³-hybridized carbons (Fsp3) is 0.286. The molecule has 154 valence electrons. The first kappa shape index (κ1) is 22.0. The first-order valence-electron chi connectivity index (χ1n) is 9.31. The Hall–Kier alpha value is -3.26. The maximum Gasteiger partial charge on any atom is 0.279 e. The summed E-state index contributed by atoms with van der Waals surface area (Å²) in [5.41, 5.74) is 1.08. The number of halogens is 1. The molecule has 2 aromatic rings. The van der Waals surface area contributed by atoms with Gasteiger partial charge in [0.15, 0.2) is 13.1 Å². The van der Waals surface area contributed by atoms with Crippen LogP contribution in [-0.4, -0.2) is 43.9 Å². The van der Waals surface area contributed by atoms with Crippen molar-refractivity contribution in [2.24, 2.45) is 0 Å². The minimum absolute atomic E-state index is 0.0376. The zero-order chi connectivity index (χ0) is 21.4. The molecule has 0 fully saturated rings. The fourth-order valence-electron chi connectivity index (χ4n) is 2.70. The van der Waals surface area contributed by atoms with Gasteiger partial charge in [0.25, 0.3) is 17.7 Å². The monoisotopic (exact) mass is 401 g/mol. The third kappa shape index (κ3) is 7.34. The van der Waals surface area contributed by atoms with E-state index in [-0.39, 0.29) is 36.5 Å². The van der Waals surface area contributed by atoms with Crippen LogP contribution in [0, 0.1) is 5.82 Å². The Labute approximate surface area is 169 Å². The van der Waals surface area contributed by atoms with Crippen LogP contribution in [0.25, 0.3) is 0 Å². The van der Waals surface area contributed by atoms with E-state index in [1.807, 2.05) is 13.8 Å². The van der Waals surface area contributed by atoms with Crippen LogP contribution in [0.1, 0.15) is 24.2 Å². The van der Waals surface area contributed by atoms with Crippen LogP contribution in [-0.2, 0) is 9.59 Å². The molecule has 2 aromatic carbocycles. The van der Waals surface area contributed by atoms with Crippen molar-refractivity contribution in [1.29, 1.82) is 0 Å². The van der Waals surface area contributed by atoms with Gasteiger partial charge in [-0.25, -0.2) is 4.39 Å². The van der Waals surface area contributed by atoms with Gasteiger partial charge < -0.3 is 20.9 Å². The van der Waals surface area contributed by atoms with Gasteiger partial charge in [-0.05, 0) is 50.2 Å². The van der Waals surface area contributed by atoms with Crippen molar-refractivity contribution in [2.45, 2.75) is 19.9 Å². The molecule has 0 aliphatic rings. The lowest BCUT2D eigenvalue weighted by atomic mass is 10.1. The zero-order valence-electron chi connectivity index (χ0n) is 16.7. The molecule has 4 N–H and O–H groups in total. The minimum atomic E-state index is -0.426. The normalized spacial score (nSPS) is 11.6. The first-order valence-corrected chi connectivity index (χ1v) is 9.31. The van der Waals surface area contributed by atoms with E-state index in [0.29, 0.717) is 16.3 Å². The van der Waals surface area contributed by atoms with Gasteiger partial charge in [-0.2, -0.15) is 0 Å². The molecule has 29 heavy (non-hydrogen) atoms. The van der Waals surface area contributed by atoms with Crippen molar-refractivity contribution >= 4 is 29.1 Å². The fourth-order valence-corrected chi connectivity index (χ4v) is 2.70. The maximum absolute atomic E-state index is 13.0. The van der Waals surface area contributed by atoms with Crippen LogP contribution in [0.4, 0.5) is 15.8 Å². The van der Waals surface area contributed by atoms with Gasteiger partial charge in [0.05, 0.1) is 18.3 Å². The predicted octanol–water partition coefficient (Wildman–Crippen LogP) is 1.06. The van der Waals surface area contributed by atoms with E-state index < -0.39 is 11.7 Å². The first-order chi connectivity index (χ1) is 13.7. The highest BCUT2D eigenvalue weighted by Crippen LogP contribution is 2.17. The van der Waals surface area contributed by atoms with Gasteiger partial charge in [-0.3, -0.25) is 14.4 Å². The summed E-state index contributed by atoms with van der Waals surface area (Å²) < 4.78 is 13.0. The highest BCUT2D eigenvalue weighted by molar-refractivity contribution is 6.10. The van der Waals surface area contributed by atoms with Crippen molar-refractivity contribution in [2.75, 3.05) is 30.8 Å². The number of carbonyl (C=O) groups is 3. The van der Waals surface area contributed by atoms with Gasteiger partial charge in [0.1, 0.15) is 5.82 Å². The second-order valence-electron chi connectivity index (χ2n) is 7.09. The molecule has 0 saturated heterocycles. The Bertz CT molecular complexity index is 868. The van der Waals surface area contributed by atoms with E-state index in [9.17, 15) is 18.8 Å². The van der Waals surface area contributed by atoms with Crippen LogP contribution >= 0.6 is 0 Å². The van der Waals surface area contributed by atoms with E-state index in [2.05, 4.69) is 16.0 Å². The largest absolute Gasteiger partial charge is 0.349 e. The summed E-state index contributed by atoms with van der Waals surface area (Å²) in [5.74, 6) is -1.28. The van der Waals surface area contributed by atoms with Crippen molar-refractivity contribution in [3.63, 3.8) is 0 Å². The van der Waals surface area contributed by atoms with Crippen LogP contribution < -0.4 is 20.9 Å². The van der Waals surface area contributed by atoms with Crippen molar-refractivity contribution in [3.05, 3.63) is 59.9 Å². The third-order valence-corrected chi connectivity index (χ3v) is 3.92. The van der Waals surface area contributed by atoms with E-state index in [4.69, 9.17) is 0 Å². The molecule has 8 heteroatoms. The molecular formula is C21H26FN4O3+. The third-order valence-electron chi connectivity index (χ3n) is 3.92. The second kappa shape index (κ2) is 10.3. The van der Waals surface area contributed by atoms with E-state index in [1.165, 1.54) is 24.3 Å². The molecule has 0 heterocycles. The highest BCUT2D eigenvalue weighted by Gasteiger charge is 2.17.